The van der Waals surface area contributed by atoms with Gasteiger partial charge in [0.1, 0.15) is 0 Å². The monoisotopic (exact) mass is 279 g/mol. The van der Waals surface area contributed by atoms with E-state index < -0.39 is 0 Å². The van der Waals surface area contributed by atoms with Gasteiger partial charge >= 0.3 is 0 Å². The molecule has 21 heavy (non-hydrogen) atoms. The molecule has 0 radical (unpaired) electrons. The number of aromatic nitrogens is 4. The molecule has 0 atom stereocenters. The summed E-state index contributed by atoms with van der Waals surface area (Å²) in [6.45, 7) is 2.67. The predicted molar refractivity (Wildman–Crippen MR) is 82.4 cm³/mol. The van der Waals surface area contributed by atoms with Gasteiger partial charge in [0, 0.05) is 25.4 Å². The average Bonchev–Trinajstić information content (AvgIpc) is 2.97. The number of nitrogens with zero attached hydrogens (tertiary/aromatic N) is 5. The van der Waals surface area contributed by atoms with E-state index in [2.05, 4.69) is 20.2 Å². The Hall–Kier alpha value is -2.69. The second kappa shape index (κ2) is 5.75. The van der Waals surface area contributed by atoms with Crippen LogP contribution in [0, 0.1) is 6.92 Å². The summed E-state index contributed by atoms with van der Waals surface area (Å²) in [6.07, 6.45) is 3.92. The highest BCUT2D eigenvalue weighted by atomic mass is 15.3. The van der Waals surface area contributed by atoms with Crippen LogP contribution in [0.2, 0.25) is 0 Å². The number of hydrogen-bond donors (Lipinski definition) is 0. The zero-order valence-electron chi connectivity index (χ0n) is 12.1. The lowest BCUT2D eigenvalue weighted by Crippen LogP contribution is -2.17. The first-order valence-corrected chi connectivity index (χ1v) is 6.83. The first kappa shape index (κ1) is 13.3. The van der Waals surface area contributed by atoms with Gasteiger partial charge in [-0.25, -0.2) is 4.68 Å². The molecular weight excluding hydrogens is 262 g/mol. The summed E-state index contributed by atoms with van der Waals surface area (Å²) in [5.41, 5.74) is 3.11. The van der Waals surface area contributed by atoms with Crippen LogP contribution in [0.4, 0.5) is 5.82 Å². The molecule has 0 spiro atoms. The number of benzene rings is 1. The molecule has 0 saturated carbocycles. The van der Waals surface area contributed by atoms with E-state index in [1.807, 2.05) is 73.5 Å². The van der Waals surface area contributed by atoms with Crippen molar-refractivity contribution in [3.63, 3.8) is 0 Å². The summed E-state index contributed by atoms with van der Waals surface area (Å²) in [4.78, 5) is 2.05. The average molecular weight is 279 g/mol. The molecule has 1 aromatic carbocycles. The fourth-order valence-corrected chi connectivity index (χ4v) is 2.11. The molecule has 106 valence electrons. The van der Waals surface area contributed by atoms with Gasteiger partial charge in [-0.05, 0) is 31.2 Å². The number of hydrogen-bond acceptors (Lipinski definition) is 4. The number of anilines is 1. The predicted octanol–water partition coefficient (Wildman–Crippen LogP) is 2.61. The number of aryl methyl sites for hydroxylation is 1. The third kappa shape index (κ3) is 3.08. The first-order chi connectivity index (χ1) is 10.2. The summed E-state index contributed by atoms with van der Waals surface area (Å²) in [5.74, 6) is 0.855. The van der Waals surface area contributed by atoms with Crippen molar-refractivity contribution in [3.05, 3.63) is 66.1 Å². The molecule has 0 bridgehead atoms. The van der Waals surface area contributed by atoms with Gasteiger partial charge in [0.15, 0.2) is 5.82 Å². The maximum Gasteiger partial charge on any atom is 0.151 e. The summed E-state index contributed by atoms with van der Waals surface area (Å²) in [7, 11) is 2.00. The second-order valence-corrected chi connectivity index (χ2v) is 5.02. The molecule has 0 saturated heterocycles. The van der Waals surface area contributed by atoms with E-state index in [0.717, 1.165) is 29.3 Å². The van der Waals surface area contributed by atoms with E-state index in [4.69, 9.17) is 0 Å². The highest BCUT2D eigenvalue weighted by Gasteiger charge is 2.06. The minimum Gasteiger partial charge on any atom is -0.354 e. The normalized spacial score (nSPS) is 10.6. The summed E-state index contributed by atoms with van der Waals surface area (Å²) >= 11 is 0. The fraction of sp³-hybridized carbons (Fsp3) is 0.188. The quantitative estimate of drug-likeness (QED) is 0.736. The lowest BCUT2D eigenvalue weighted by molar-refractivity contribution is 0.853. The van der Waals surface area contributed by atoms with Crippen LogP contribution in [0.1, 0.15) is 11.3 Å². The van der Waals surface area contributed by atoms with Crippen LogP contribution in [-0.4, -0.2) is 27.0 Å². The van der Waals surface area contributed by atoms with Gasteiger partial charge in [-0.1, -0.05) is 18.2 Å². The van der Waals surface area contributed by atoms with Gasteiger partial charge in [0.2, 0.25) is 0 Å². The molecule has 3 aromatic rings. The highest BCUT2D eigenvalue weighted by molar-refractivity contribution is 5.37. The third-order valence-corrected chi connectivity index (χ3v) is 3.25. The lowest BCUT2D eigenvalue weighted by atomic mass is 10.3. The number of para-hydroxylation sites is 1. The molecule has 0 N–H and O–H groups in total. The maximum atomic E-state index is 4.40. The summed E-state index contributed by atoms with van der Waals surface area (Å²) in [6, 6.07) is 14.0. The molecule has 2 aromatic heterocycles. The largest absolute Gasteiger partial charge is 0.354 e. The SMILES string of the molecule is Cc1ccc(N(C)Cc2cnn(-c3ccccc3)c2)nn1. The lowest BCUT2D eigenvalue weighted by Gasteiger charge is -2.16. The van der Waals surface area contributed by atoms with Crippen LogP contribution < -0.4 is 4.90 Å². The topological polar surface area (TPSA) is 46.8 Å². The van der Waals surface area contributed by atoms with Gasteiger partial charge in [0.25, 0.3) is 0 Å². The van der Waals surface area contributed by atoms with Crippen LogP contribution in [0.15, 0.2) is 54.9 Å². The molecule has 2 heterocycles. The van der Waals surface area contributed by atoms with Crippen LogP contribution in [-0.2, 0) is 6.54 Å². The third-order valence-electron chi connectivity index (χ3n) is 3.25. The second-order valence-electron chi connectivity index (χ2n) is 5.02. The zero-order valence-corrected chi connectivity index (χ0v) is 12.1. The molecule has 0 aliphatic carbocycles. The first-order valence-electron chi connectivity index (χ1n) is 6.83. The Balaban J connectivity index is 1.74. The molecule has 0 fully saturated rings. The van der Waals surface area contributed by atoms with E-state index in [1.54, 1.807) is 0 Å². The smallest absolute Gasteiger partial charge is 0.151 e. The van der Waals surface area contributed by atoms with Crippen molar-refractivity contribution in [2.24, 2.45) is 0 Å². The standard InChI is InChI=1S/C16H17N5/c1-13-8-9-16(19-18-13)20(2)11-14-10-17-21(12-14)15-6-4-3-5-7-15/h3-10,12H,11H2,1-2H3. The van der Waals surface area contributed by atoms with E-state index in [9.17, 15) is 0 Å². The summed E-state index contributed by atoms with van der Waals surface area (Å²) < 4.78 is 1.88. The minimum absolute atomic E-state index is 0.741. The van der Waals surface area contributed by atoms with E-state index in [1.165, 1.54) is 0 Å². The fourth-order valence-electron chi connectivity index (χ4n) is 2.11. The van der Waals surface area contributed by atoms with Crippen molar-refractivity contribution in [1.82, 2.24) is 20.0 Å². The Labute approximate surface area is 123 Å². The van der Waals surface area contributed by atoms with Crippen molar-refractivity contribution < 1.29 is 0 Å². The summed E-state index contributed by atoms with van der Waals surface area (Å²) in [5, 5.41) is 12.7. The van der Waals surface area contributed by atoms with Crippen molar-refractivity contribution in [2.75, 3.05) is 11.9 Å². The van der Waals surface area contributed by atoms with Crippen molar-refractivity contribution in [3.8, 4) is 5.69 Å². The van der Waals surface area contributed by atoms with Crippen molar-refractivity contribution in [2.45, 2.75) is 13.5 Å². The Morgan fingerprint density at radius 2 is 1.86 bits per heavy atom. The number of rotatable bonds is 4. The van der Waals surface area contributed by atoms with Gasteiger partial charge in [0.05, 0.1) is 17.6 Å². The van der Waals surface area contributed by atoms with Crippen LogP contribution >= 0.6 is 0 Å². The van der Waals surface area contributed by atoms with Gasteiger partial charge in [-0.3, -0.25) is 0 Å². The maximum absolute atomic E-state index is 4.40. The Kier molecular flexibility index (Phi) is 3.64. The van der Waals surface area contributed by atoms with E-state index >= 15 is 0 Å². The minimum atomic E-state index is 0.741. The highest BCUT2D eigenvalue weighted by Crippen LogP contribution is 2.13. The Morgan fingerprint density at radius 1 is 1.05 bits per heavy atom. The molecule has 0 aliphatic heterocycles. The van der Waals surface area contributed by atoms with Crippen molar-refractivity contribution in [1.29, 1.82) is 0 Å². The Morgan fingerprint density at radius 3 is 2.57 bits per heavy atom. The molecule has 5 nitrogen and oxygen atoms in total. The molecule has 0 aliphatic rings. The van der Waals surface area contributed by atoms with E-state index in [-0.39, 0.29) is 0 Å². The molecular formula is C16H17N5. The van der Waals surface area contributed by atoms with Gasteiger partial charge in [-0.15, -0.1) is 5.10 Å². The molecule has 0 unspecified atom stereocenters. The van der Waals surface area contributed by atoms with E-state index in [0.29, 0.717) is 0 Å². The van der Waals surface area contributed by atoms with Crippen LogP contribution in [0.5, 0.6) is 0 Å². The van der Waals surface area contributed by atoms with Gasteiger partial charge < -0.3 is 4.90 Å². The van der Waals surface area contributed by atoms with Crippen LogP contribution in [0.25, 0.3) is 5.69 Å². The van der Waals surface area contributed by atoms with Gasteiger partial charge in [-0.2, -0.15) is 10.2 Å². The van der Waals surface area contributed by atoms with Crippen molar-refractivity contribution >= 4 is 5.82 Å². The Bertz CT molecular complexity index is 703. The molecule has 3 rings (SSSR count). The van der Waals surface area contributed by atoms with Crippen LogP contribution in [0.3, 0.4) is 0 Å². The molecule has 5 heteroatoms. The molecule has 0 amide bonds. The zero-order chi connectivity index (χ0) is 14.7.